The number of hydrogen-bond acceptors (Lipinski definition) is 4. The van der Waals surface area contributed by atoms with Crippen LogP contribution in [0.25, 0.3) is 11.3 Å². The number of para-hydroxylation sites is 1. The molecule has 1 aliphatic carbocycles. The molecule has 2 aromatic rings. The van der Waals surface area contributed by atoms with E-state index in [0.29, 0.717) is 11.3 Å². The second-order valence-corrected chi connectivity index (χ2v) is 5.28. The van der Waals surface area contributed by atoms with E-state index in [9.17, 15) is 10.1 Å². The van der Waals surface area contributed by atoms with Crippen LogP contribution in [0.5, 0.6) is 0 Å². The van der Waals surface area contributed by atoms with Crippen molar-refractivity contribution in [2.24, 2.45) is 5.73 Å². The summed E-state index contributed by atoms with van der Waals surface area (Å²) in [4.78, 5) is 18.2. The fourth-order valence-corrected chi connectivity index (χ4v) is 2.81. The molecular weight excluding hydrogens is 256 g/mol. The highest BCUT2D eigenvalue weighted by molar-refractivity contribution is 5.70. The van der Waals surface area contributed by atoms with Crippen LogP contribution in [0.3, 0.4) is 0 Å². The highest BCUT2D eigenvalue weighted by Crippen LogP contribution is 2.36. The Morgan fingerprint density at radius 1 is 1.30 bits per heavy atom. The van der Waals surface area contributed by atoms with Crippen LogP contribution in [0, 0.1) is 10.1 Å². The van der Waals surface area contributed by atoms with Crippen LogP contribution in [0.4, 0.5) is 5.69 Å². The van der Waals surface area contributed by atoms with Gasteiger partial charge in [-0.1, -0.05) is 25.0 Å². The van der Waals surface area contributed by atoms with Crippen molar-refractivity contribution < 1.29 is 4.92 Å². The van der Waals surface area contributed by atoms with Gasteiger partial charge in [-0.25, -0.2) is 4.98 Å². The number of hydrogen-bond donors (Lipinski definition) is 2. The normalized spacial score (nSPS) is 17.2. The van der Waals surface area contributed by atoms with Crippen molar-refractivity contribution in [3.63, 3.8) is 0 Å². The summed E-state index contributed by atoms with van der Waals surface area (Å²) >= 11 is 0. The largest absolute Gasteiger partial charge is 0.340 e. The molecule has 6 heteroatoms. The fourth-order valence-electron chi connectivity index (χ4n) is 2.81. The van der Waals surface area contributed by atoms with Gasteiger partial charge in [-0.15, -0.1) is 0 Å². The molecule has 0 atom stereocenters. The molecule has 1 aromatic carbocycles. The van der Waals surface area contributed by atoms with E-state index in [0.717, 1.165) is 31.5 Å². The van der Waals surface area contributed by atoms with Gasteiger partial charge in [0.25, 0.3) is 5.69 Å². The molecule has 0 radical (unpaired) electrons. The molecule has 1 aromatic heterocycles. The van der Waals surface area contributed by atoms with E-state index in [2.05, 4.69) is 9.97 Å². The van der Waals surface area contributed by atoms with Gasteiger partial charge in [-0.3, -0.25) is 10.1 Å². The van der Waals surface area contributed by atoms with Crippen molar-refractivity contribution in [3.8, 4) is 11.3 Å². The molecule has 1 saturated carbocycles. The first kappa shape index (κ1) is 12.8. The van der Waals surface area contributed by atoms with Gasteiger partial charge in [0, 0.05) is 6.07 Å². The third-order valence-corrected chi connectivity index (χ3v) is 3.93. The second kappa shape index (κ2) is 4.72. The van der Waals surface area contributed by atoms with Crippen LogP contribution in [0.15, 0.2) is 30.5 Å². The van der Waals surface area contributed by atoms with Crippen LogP contribution < -0.4 is 5.73 Å². The highest BCUT2D eigenvalue weighted by Gasteiger charge is 2.34. The third-order valence-electron chi connectivity index (χ3n) is 3.93. The van der Waals surface area contributed by atoms with Crippen molar-refractivity contribution >= 4 is 5.69 Å². The lowest BCUT2D eigenvalue weighted by molar-refractivity contribution is -0.384. The van der Waals surface area contributed by atoms with Gasteiger partial charge < -0.3 is 10.7 Å². The Kier molecular flexibility index (Phi) is 3.02. The molecular formula is C14H16N4O2. The molecule has 0 unspecified atom stereocenters. The van der Waals surface area contributed by atoms with Crippen molar-refractivity contribution in [1.82, 2.24) is 9.97 Å². The Balaban J connectivity index is 2.00. The molecule has 6 nitrogen and oxygen atoms in total. The SMILES string of the molecule is NC1(c2ncc(-c3ccccc3[N+](=O)[O-])[nH]2)CCCC1. The predicted molar refractivity (Wildman–Crippen MR) is 75.0 cm³/mol. The topological polar surface area (TPSA) is 97.8 Å². The average molecular weight is 272 g/mol. The van der Waals surface area contributed by atoms with Crippen LogP contribution in [-0.4, -0.2) is 14.9 Å². The zero-order chi connectivity index (χ0) is 14.2. The molecule has 3 rings (SSSR count). The maximum Gasteiger partial charge on any atom is 0.278 e. The van der Waals surface area contributed by atoms with Crippen LogP contribution in [0.2, 0.25) is 0 Å². The van der Waals surface area contributed by atoms with E-state index in [1.54, 1.807) is 24.4 Å². The van der Waals surface area contributed by atoms with Gasteiger partial charge in [0.1, 0.15) is 5.82 Å². The van der Waals surface area contributed by atoms with Crippen molar-refractivity contribution in [3.05, 3.63) is 46.4 Å². The van der Waals surface area contributed by atoms with Crippen LogP contribution in [-0.2, 0) is 5.54 Å². The number of aromatic nitrogens is 2. The smallest absolute Gasteiger partial charge is 0.278 e. The number of H-pyrrole nitrogens is 1. The first-order chi connectivity index (χ1) is 9.60. The fraction of sp³-hybridized carbons (Fsp3) is 0.357. The van der Waals surface area contributed by atoms with Crippen LogP contribution in [0.1, 0.15) is 31.5 Å². The van der Waals surface area contributed by atoms with Crippen LogP contribution >= 0.6 is 0 Å². The third kappa shape index (κ3) is 2.08. The predicted octanol–water partition coefficient (Wildman–Crippen LogP) is 2.71. The zero-order valence-electron chi connectivity index (χ0n) is 11.0. The molecule has 0 amide bonds. The number of nitro groups is 1. The molecule has 0 saturated heterocycles. The number of aromatic amines is 1. The molecule has 0 aliphatic heterocycles. The number of nitrogens with zero attached hydrogens (tertiary/aromatic N) is 2. The maximum atomic E-state index is 11.1. The number of nitrogens with two attached hydrogens (primary N) is 1. The average Bonchev–Trinajstić information content (AvgIpc) is 3.08. The van der Waals surface area contributed by atoms with E-state index in [1.165, 1.54) is 6.07 Å². The van der Waals surface area contributed by atoms with E-state index in [4.69, 9.17) is 5.73 Å². The first-order valence-electron chi connectivity index (χ1n) is 6.68. The van der Waals surface area contributed by atoms with E-state index in [1.807, 2.05) is 0 Å². The zero-order valence-corrected chi connectivity index (χ0v) is 11.0. The highest BCUT2D eigenvalue weighted by atomic mass is 16.6. The van der Waals surface area contributed by atoms with Gasteiger partial charge in [-0.2, -0.15) is 0 Å². The Morgan fingerprint density at radius 2 is 2.00 bits per heavy atom. The number of imidazole rings is 1. The molecule has 104 valence electrons. The summed E-state index contributed by atoms with van der Waals surface area (Å²) in [6.45, 7) is 0. The molecule has 1 heterocycles. The minimum atomic E-state index is -0.415. The van der Waals surface area contributed by atoms with Gasteiger partial charge in [-0.05, 0) is 18.9 Å². The lowest BCUT2D eigenvalue weighted by Gasteiger charge is -2.20. The second-order valence-electron chi connectivity index (χ2n) is 5.28. The first-order valence-corrected chi connectivity index (χ1v) is 6.68. The molecule has 0 spiro atoms. The number of rotatable bonds is 3. The molecule has 3 N–H and O–H groups in total. The molecule has 1 fully saturated rings. The van der Waals surface area contributed by atoms with Crippen molar-refractivity contribution in [1.29, 1.82) is 0 Å². The standard InChI is InChI=1S/C14H16N4O2/c15-14(7-3-4-8-14)13-16-9-11(17-13)10-5-1-2-6-12(10)18(19)20/h1-2,5-6,9H,3-4,7-8,15H2,(H,16,17). The summed E-state index contributed by atoms with van der Waals surface area (Å²) in [5.74, 6) is 0.725. The summed E-state index contributed by atoms with van der Waals surface area (Å²) in [6, 6.07) is 6.63. The molecule has 0 bridgehead atoms. The Morgan fingerprint density at radius 3 is 2.70 bits per heavy atom. The summed E-state index contributed by atoms with van der Waals surface area (Å²) in [6.07, 6.45) is 5.62. The summed E-state index contributed by atoms with van der Waals surface area (Å²) in [7, 11) is 0. The summed E-state index contributed by atoms with van der Waals surface area (Å²) in [5, 5.41) is 11.1. The number of nitrogens with one attached hydrogen (secondary N) is 1. The number of nitro benzene ring substituents is 1. The van der Waals surface area contributed by atoms with E-state index >= 15 is 0 Å². The Labute approximate surface area is 116 Å². The van der Waals surface area contributed by atoms with Gasteiger partial charge >= 0.3 is 0 Å². The van der Waals surface area contributed by atoms with E-state index < -0.39 is 5.54 Å². The van der Waals surface area contributed by atoms with Gasteiger partial charge in [0.15, 0.2) is 0 Å². The quantitative estimate of drug-likeness (QED) is 0.663. The molecule has 1 aliphatic rings. The number of benzene rings is 1. The summed E-state index contributed by atoms with van der Waals surface area (Å²) < 4.78 is 0. The van der Waals surface area contributed by atoms with Crippen molar-refractivity contribution in [2.45, 2.75) is 31.2 Å². The minimum Gasteiger partial charge on any atom is -0.340 e. The lowest BCUT2D eigenvalue weighted by Crippen LogP contribution is -2.34. The maximum absolute atomic E-state index is 11.1. The van der Waals surface area contributed by atoms with Gasteiger partial charge in [0.2, 0.25) is 0 Å². The summed E-state index contributed by atoms with van der Waals surface area (Å²) in [5.41, 5.74) is 7.18. The Hall–Kier alpha value is -2.21. The van der Waals surface area contributed by atoms with Crippen molar-refractivity contribution in [2.75, 3.05) is 0 Å². The van der Waals surface area contributed by atoms with Gasteiger partial charge in [0.05, 0.1) is 27.9 Å². The molecule has 20 heavy (non-hydrogen) atoms. The Bertz CT molecular complexity index is 644. The monoisotopic (exact) mass is 272 g/mol. The lowest BCUT2D eigenvalue weighted by atomic mass is 9.98. The van der Waals surface area contributed by atoms with E-state index in [-0.39, 0.29) is 10.6 Å². The minimum absolute atomic E-state index is 0.0696.